The molecule has 0 aliphatic heterocycles. The van der Waals surface area contributed by atoms with Crippen molar-refractivity contribution in [1.82, 2.24) is 4.98 Å². The summed E-state index contributed by atoms with van der Waals surface area (Å²) in [5, 5.41) is 8.53. The third-order valence-corrected chi connectivity index (χ3v) is 1.48. The van der Waals surface area contributed by atoms with Crippen LogP contribution in [0.25, 0.3) is 0 Å². The first-order valence-electron chi connectivity index (χ1n) is 4.61. The molecule has 70 valence electrons. The van der Waals surface area contributed by atoms with Crippen LogP contribution in [0.1, 0.15) is 45.0 Å². The maximum Gasteiger partial charge on any atom is 0.140 e. The van der Waals surface area contributed by atoms with Gasteiger partial charge in [-0.05, 0) is 18.1 Å². The molecule has 13 heavy (non-hydrogen) atoms. The molecule has 0 N–H and O–H groups in total. The molecule has 0 saturated heterocycles. The van der Waals surface area contributed by atoms with E-state index in [0.29, 0.717) is 11.6 Å². The summed E-state index contributed by atoms with van der Waals surface area (Å²) in [7, 11) is 0. The second kappa shape index (κ2) is 6.19. The Morgan fingerprint density at radius 2 is 1.92 bits per heavy atom. The lowest BCUT2D eigenvalue weighted by molar-refractivity contribution is 0.820. The first kappa shape index (κ1) is 11.6. The number of hydrogen-bond donors (Lipinski definition) is 0. The molecule has 0 aromatic carbocycles. The molecule has 0 atom stereocenters. The molecule has 1 rings (SSSR count). The van der Waals surface area contributed by atoms with Crippen molar-refractivity contribution in [1.29, 1.82) is 5.26 Å². The van der Waals surface area contributed by atoms with Crippen LogP contribution < -0.4 is 0 Å². The van der Waals surface area contributed by atoms with Gasteiger partial charge in [0.15, 0.2) is 0 Å². The van der Waals surface area contributed by atoms with E-state index in [1.54, 1.807) is 6.07 Å². The molecule has 0 unspecified atom stereocenters. The number of aromatic nitrogens is 1. The molecule has 0 aliphatic carbocycles. The van der Waals surface area contributed by atoms with Gasteiger partial charge in [-0.2, -0.15) is 5.26 Å². The lowest BCUT2D eigenvalue weighted by atomic mass is 10.1. The van der Waals surface area contributed by atoms with Gasteiger partial charge in [-0.25, -0.2) is 4.98 Å². The van der Waals surface area contributed by atoms with Gasteiger partial charge in [-0.3, -0.25) is 0 Å². The van der Waals surface area contributed by atoms with Gasteiger partial charge in [0.1, 0.15) is 11.8 Å². The molecule has 0 amide bonds. The van der Waals surface area contributed by atoms with Crippen LogP contribution in [0.2, 0.25) is 0 Å². The lowest BCUT2D eigenvalue weighted by Crippen LogP contribution is -1.93. The van der Waals surface area contributed by atoms with Crippen molar-refractivity contribution >= 4 is 0 Å². The van der Waals surface area contributed by atoms with Crippen LogP contribution in [0, 0.1) is 11.3 Å². The van der Waals surface area contributed by atoms with Crippen LogP contribution in [0.4, 0.5) is 0 Å². The summed E-state index contributed by atoms with van der Waals surface area (Å²) in [6.45, 7) is 8.12. The Labute approximate surface area is 80.2 Å². The minimum Gasteiger partial charge on any atom is -0.242 e. The zero-order valence-electron chi connectivity index (χ0n) is 8.70. The Morgan fingerprint density at radius 1 is 1.31 bits per heavy atom. The Morgan fingerprint density at radius 3 is 2.38 bits per heavy atom. The number of rotatable bonds is 1. The SMILES string of the molecule is CC.CC(C)c1cccc(C#N)n1. The minimum absolute atomic E-state index is 0.392. The maximum absolute atomic E-state index is 8.53. The fourth-order valence-corrected chi connectivity index (χ4v) is 0.835. The van der Waals surface area contributed by atoms with Crippen LogP contribution in [0.15, 0.2) is 18.2 Å². The third-order valence-electron chi connectivity index (χ3n) is 1.48. The largest absolute Gasteiger partial charge is 0.242 e. The van der Waals surface area contributed by atoms with Crippen LogP contribution in [-0.4, -0.2) is 4.98 Å². The Balaban J connectivity index is 0.000000671. The van der Waals surface area contributed by atoms with Gasteiger partial charge in [0.05, 0.1) is 0 Å². The Bertz CT molecular complexity index is 284. The molecule has 0 aliphatic rings. The van der Waals surface area contributed by atoms with Crippen molar-refractivity contribution in [2.24, 2.45) is 0 Å². The quantitative estimate of drug-likeness (QED) is 0.659. The van der Waals surface area contributed by atoms with Gasteiger partial charge in [0.25, 0.3) is 0 Å². The molecule has 0 bridgehead atoms. The highest BCUT2D eigenvalue weighted by Crippen LogP contribution is 2.10. The molecule has 0 spiro atoms. The molecular formula is C11H16N2. The summed E-state index contributed by atoms with van der Waals surface area (Å²) in [6, 6.07) is 7.52. The second-order valence-corrected chi connectivity index (χ2v) is 2.71. The summed E-state index contributed by atoms with van der Waals surface area (Å²) >= 11 is 0. The first-order valence-corrected chi connectivity index (χ1v) is 4.61. The first-order chi connectivity index (χ1) is 6.24. The fraction of sp³-hybridized carbons (Fsp3) is 0.455. The molecule has 0 radical (unpaired) electrons. The zero-order valence-corrected chi connectivity index (χ0v) is 8.70. The van der Waals surface area contributed by atoms with E-state index in [4.69, 9.17) is 5.26 Å². The molecule has 1 aromatic rings. The van der Waals surface area contributed by atoms with E-state index in [1.807, 2.05) is 32.0 Å². The van der Waals surface area contributed by atoms with Gasteiger partial charge in [0.2, 0.25) is 0 Å². The van der Waals surface area contributed by atoms with Crippen molar-refractivity contribution in [3.63, 3.8) is 0 Å². The Kier molecular flexibility index (Phi) is 5.54. The normalized spacial score (nSPS) is 8.62. The minimum atomic E-state index is 0.392. The van der Waals surface area contributed by atoms with Gasteiger partial charge >= 0.3 is 0 Å². The van der Waals surface area contributed by atoms with Gasteiger partial charge in [-0.1, -0.05) is 33.8 Å². The standard InChI is InChI=1S/C9H10N2.C2H6/c1-7(2)9-5-3-4-8(6-10)11-9;1-2/h3-5,7H,1-2H3;1-2H3. The molecular weight excluding hydrogens is 160 g/mol. The van der Waals surface area contributed by atoms with E-state index in [2.05, 4.69) is 18.8 Å². The average molecular weight is 176 g/mol. The predicted molar refractivity (Wildman–Crippen MR) is 54.4 cm³/mol. The average Bonchev–Trinajstić information content (AvgIpc) is 2.21. The van der Waals surface area contributed by atoms with Gasteiger partial charge in [0, 0.05) is 5.69 Å². The zero-order chi connectivity index (χ0) is 10.3. The van der Waals surface area contributed by atoms with Gasteiger partial charge < -0.3 is 0 Å². The van der Waals surface area contributed by atoms with E-state index in [-0.39, 0.29) is 0 Å². The predicted octanol–water partition coefficient (Wildman–Crippen LogP) is 3.10. The van der Waals surface area contributed by atoms with E-state index in [9.17, 15) is 0 Å². The highest BCUT2D eigenvalue weighted by atomic mass is 14.7. The summed E-state index contributed by atoms with van der Waals surface area (Å²) in [4.78, 5) is 4.13. The smallest absolute Gasteiger partial charge is 0.140 e. The number of hydrogen-bond acceptors (Lipinski definition) is 2. The van der Waals surface area contributed by atoms with Crippen LogP contribution in [-0.2, 0) is 0 Å². The van der Waals surface area contributed by atoms with Gasteiger partial charge in [-0.15, -0.1) is 0 Å². The Hall–Kier alpha value is -1.36. The highest BCUT2D eigenvalue weighted by Gasteiger charge is 2.00. The fourth-order valence-electron chi connectivity index (χ4n) is 0.835. The molecule has 0 fully saturated rings. The molecule has 1 aromatic heterocycles. The summed E-state index contributed by atoms with van der Waals surface area (Å²) < 4.78 is 0. The summed E-state index contributed by atoms with van der Waals surface area (Å²) in [5.41, 5.74) is 1.47. The number of nitrogens with zero attached hydrogens (tertiary/aromatic N) is 2. The number of pyridine rings is 1. The van der Waals surface area contributed by atoms with Crippen LogP contribution in [0.5, 0.6) is 0 Å². The third kappa shape index (κ3) is 3.71. The van der Waals surface area contributed by atoms with Crippen LogP contribution >= 0.6 is 0 Å². The van der Waals surface area contributed by atoms with E-state index in [1.165, 1.54) is 0 Å². The summed E-state index contributed by atoms with van der Waals surface area (Å²) in [6.07, 6.45) is 0. The second-order valence-electron chi connectivity index (χ2n) is 2.71. The molecule has 2 nitrogen and oxygen atoms in total. The lowest BCUT2D eigenvalue weighted by Gasteiger charge is -2.02. The molecule has 0 saturated carbocycles. The summed E-state index contributed by atoms with van der Waals surface area (Å²) in [5.74, 6) is 0.392. The van der Waals surface area contributed by atoms with Crippen molar-refractivity contribution in [3.8, 4) is 6.07 Å². The van der Waals surface area contributed by atoms with Crippen molar-refractivity contribution < 1.29 is 0 Å². The number of nitriles is 1. The van der Waals surface area contributed by atoms with Crippen LogP contribution in [0.3, 0.4) is 0 Å². The van der Waals surface area contributed by atoms with Crippen molar-refractivity contribution in [2.75, 3.05) is 0 Å². The van der Waals surface area contributed by atoms with Crippen molar-refractivity contribution in [2.45, 2.75) is 33.6 Å². The van der Waals surface area contributed by atoms with E-state index in [0.717, 1.165) is 5.69 Å². The highest BCUT2D eigenvalue weighted by molar-refractivity contribution is 5.23. The van der Waals surface area contributed by atoms with E-state index < -0.39 is 0 Å². The molecule has 2 heteroatoms. The monoisotopic (exact) mass is 176 g/mol. The topological polar surface area (TPSA) is 36.7 Å². The molecule has 1 heterocycles. The van der Waals surface area contributed by atoms with E-state index >= 15 is 0 Å². The maximum atomic E-state index is 8.53. The van der Waals surface area contributed by atoms with Crippen molar-refractivity contribution in [3.05, 3.63) is 29.6 Å².